The number of hydrogen-bond donors (Lipinski definition) is 1. The second kappa shape index (κ2) is 7.76. The van der Waals surface area contributed by atoms with E-state index in [4.69, 9.17) is 5.11 Å². The molecule has 0 aliphatic carbocycles. The average Bonchev–Trinajstić information content (AvgIpc) is 2.15. The van der Waals surface area contributed by atoms with Crippen molar-refractivity contribution in [2.45, 2.75) is 0 Å². The molecule has 82 valence electrons. The summed E-state index contributed by atoms with van der Waals surface area (Å²) < 4.78 is 0. The van der Waals surface area contributed by atoms with E-state index in [-0.39, 0.29) is 0 Å². The molecule has 0 heterocycles. The summed E-state index contributed by atoms with van der Waals surface area (Å²) in [7, 11) is 6.00. The summed E-state index contributed by atoms with van der Waals surface area (Å²) in [6, 6.07) is 9.31. The van der Waals surface area contributed by atoms with E-state index >= 15 is 0 Å². The van der Waals surface area contributed by atoms with Gasteiger partial charge in [0, 0.05) is 6.08 Å². The van der Waals surface area contributed by atoms with Crippen LogP contribution in [0.2, 0.25) is 0 Å². The molecule has 0 saturated carbocycles. The van der Waals surface area contributed by atoms with Crippen LogP contribution in [0.4, 0.5) is 0 Å². The third kappa shape index (κ3) is 10.3. The zero-order chi connectivity index (χ0) is 11.7. The van der Waals surface area contributed by atoms with Crippen LogP contribution in [0, 0.1) is 0 Å². The van der Waals surface area contributed by atoms with Crippen LogP contribution in [0.1, 0.15) is 5.56 Å². The second-order valence-corrected chi connectivity index (χ2v) is 3.42. The smallest absolute Gasteiger partial charge is 0.328 e. The average molecular weight is 207 g/mol. The zero-order valence-electron chi connectivity index (χ0n) is 9.34. The standard InChI is InChI=1S/C9H8O2.C3H9N/c10-9(11)7-6-8-4-2-1-3-5-8;1-4(2)3/h1-7H,(H,10,11);1-3H3. The third-order valence-electron chi connectivity index (χ3n) is 1.22. The Morgan fingerprint density at radius 3 is 2.07 bits per heavy atom. The number of hydrogen-bond acceptors (Lipinski definition) is 2. The molecule has 0 saturated heterocycles. The summed E-state index contributed by atoms with van der Waals surface area (Å²) in [6.07, 6.45) is 2.68. The van der Waals surface area contributed by atoms with Gasteiger partial charge in [-0.1, -0.05) is 30.3 Å². The summed E-state index contributed by atoms with van der Waals surface area (Å²) in [5, 5.41) is 8.29. The Kier molecular flexibility index (Phi) is 6.93. The Bertz CT molecular complexity index is 302. The quantitative estimate of drug-likeness (QED) is 0.754. The van der Waals surface area contributed by atoms with Crippen LogP contribution in [0.5, 0.6) is 0 Å². The van der Waals surface area contributed by atoms with Crippen molar-refractivity contribution in [1.82, 2.24) is 4.90 Å². The largest absolute Gasteiger partial charge is 0.478 e. The first-order valence-corrected chi connectivity index (χ1v) is 4.59. The van der Waals surface area contributed by atoms with Gasteiger partial charge in [-0.2, -0.15) is 0 Å². The first-order valence-electron chi connectivity index (χ1n) is 4.59. The van der Waals surface area contributed by atoms with Crippen LogP contribution in [-0.4, -0.2) is 37.1 Å². The van der Waals surface area contributed by atoms with Crippen LogP contribution in [0.25, 0.3) is 6.08 Å². The maximum absolute atomic E-state index is 10.1. The normalized spacial score (nSPS) is 9.87. The van der Waals surface area contributed by atoms with E-state index in [1.807, 2.05) is 56.4 Å². The molecule has 3 heteroatoms. The van der Waals surface area contributed by atoms with Gasteiger partial charge in [0.2, 0.25) is 0 Å². The Labute approximate surface area is 90.7 Å². The highest BCUT2D eigenvalue weighted by Crippen LogP contribution is 1.99. The topological polar surface area (TPSA) is 40.5 Å². The molecule has 0 bridgehead atoms. The molecule has 3 nitrogen and oxygen atoms in total. The van der Waals surface area contributed by atoms with Gasteiger partial charge in [0.25, 0.3) is 0 Å². The van der Waals surface area contributed by atoms with E-state index in [1.165, 1.54) is 0 Å². The fourth-order valence-corrected chi connectivity index (χ4v) is 0.732. The summed E-state index contributed by atoms with van der Waals surface area (Å²) in [6.45, 7) is 0. The molecule has 0 aliphatic rings. The molecule has 1 N–H and O–H groups in total. The molecular formula is C12H17NO2. The number of carboxylic acid groups (broad SMARTS) is 1. The number of carbonyl (C=O) groups is 1. The van der Waals surface area contributed by atoms with Gasteiger partial charge in [-0.15, -0.1) is 0 Å². The molecule has 1 rings (SSSR count). The molecular weight excluding hydrogens is 190 g/mol. The van der Waals surface area contributed by atoms with Crippen molar-refractivity contribution >= 4 is 12.0 Å². The molecule has 0 aromatic heterocycles. The van der Waals surface area contributed by atoms with Crippen molar-refractivity contribution in [3.05, 3.63) is 42.0 Å². The van der Waals surface area contributed by atoms with Gasteiger partial charge in [0.05, 0.1) is 0 Å². The monoisotopic (exact) mass is 207 g/mol. The van der Waals surface area contributed by atoms with Crippen molar-refractivity contribution < 1.29 is 9.90 Å². The van der Waals surface area contributed by atoms with E-state index in [0.717, 1.165) is 11.6 Å². The number of carboxylic acids is 1. The SMILES string of the molecule is CN(C)C.O=C(O)C=Cc1ccccc1. The molecule has 0 amide bonds. The van der Waals surface area contributed by atoms with Crippen molar-refractivity contribution in [3.8, 4) is 0 Å². The Balaban J connectivity index is 0.000000423. The molecule has 0 atom stereocenters. The van der Waals surface area contributed by atoms with E-state index in [0.29, 0.717) is 0 Å². The maximum Gasteiger partial charge on any atom is 0.328 e. The molecule has 1 aromatic rings. The molecule has 0 spiro atoms. The van der Waals surface area contributed by atoms with Gasteiger partial charge >= 0.3 is 5.97 Å². The molecule has 0 radical (unpaired) electrons. The lowest BCUT2D eigenvalue weighted by molar-refractivity contribution is -0.131. The number of rotatable bonds is 2. The molecule has 1 aromatic carbocycles. The Morgan fingerprint density at radius 2 is 1.67 bits per heavy atom. The second-order valence-electron chi connectivity index (χ2n) is 3.42. The minimum atomic E-state index is -0.922. The molecule has 0 fully saturated rings. The summed E-state index contributed by atoms with van der Waals surface area (Å²) in [5.41, 5.74) is 0.898. The zero-order valence-corrected chi connectivity index (χ0v) is 9.34. The van der Waals surface area contributed by atoms with E-state index in [9.17, 15) is 4.79 Å². The highest BCUT2D eigenvalue weighted by atomic mass is 16.4. The van der Waals surface area contributed by atoms with Gasteiger partial charge in [0.1, 0.15) is 0 Å². The Hall–Kier alpha value is -1.61. The van der Waals surface area contributed by atoms with Crippen LogP contribution in [-0.2, 0) is 4.79 Å². The lowest BCUT2D eigenvalue weighted by atomic mass is 10.2. The van der Waals surface area contributed by atoms with Gasteiger partial charge in [-0.3, -0.25) is 0 Å². The van der Waals surface area contributed by atoms with Crippen molar-refractivity contribution in [2.24, 2.45) is 0 Å². The predicted octanol–water partition coefficient (Wildman–Crippen LogP) is 1.96. The first kappa shape index (κ1) is 13.4. The van der Waals surface area contributed by atoms with Crippen LogP contribution in [0.3, 0.4) is 0 Å². The molecule has 0 aliphatic heterocycles. The molecule has 15 heavy (non-hydrogen) atoms. The van der Waals surface area contributed by atoms with Crippen molar-refractivity contribution in [2.75, 3.05) is 21.1 Å². The van der Waals surface area contributed by atoms with Crippen molar-refractivity contribution in [1.29, 1.82) is 0 Å². The van der Waals surface area contributed by atoms with Gasteiger partial charge in [0.15, 0.2) is 0 Å². The lowest BCUT2D eigenvalue weighted by Gasteiger charge is -1.90. The van der Waals surface area contributed by atoms with Gasteiger partial charge in [-0.05, 0) is 32.8 Å². The first-order chi connectivity index (χ1) is 7.02. The summed E-state index contributed by atoms with van der Waals surface area (Å²) in [5.74, 6) is -0.922. The van der Waals surface area contributed by atoms with Crippen LogP contribution >= 0.6 is 0 Å². The van der Waals surface area contributed by atoms with Crippen LogP contribution < -0.4 is 0 Å². The van der Waals surface area contributed by atoms with Gasteiger partial charge < -0.3 is 10.0 Å². The van der Waals surface area contributed by atoms with Gasteiger partial charge in [-0.25, -0.2) is 4.79 Å². The van der Waals surface area contributed by atoms with E-state index in [1.54, 1.807) is 6.08 Å². The fourth-order valence-electron chi connectivity index (χ4n) is 0.732. The Morgan fingerprint density at radius 1 is 1.20 bits per heavy atom. The highest BCUT2D eigenvalue weighted by molar-refractivity contribution is 5.85. The summed E-state index contributed by atoms with van der Waals surface area (Å²) >= 11 is 0. The van der Waals surface area contributed by atoms with E-state index < -0.39 is 5.97 Å². The summed E-state index contributed by atoms with van der Waals surface area (Å²) in [4.78, 5) is 12.1. The van der Waals surface area contributed by atoms with E-state index in [2.05, 4.69) is 0 Å². The fraction of sp³-hybridized carbons (Fsp3) is 0.250. The highest BCUT2D eigenvalue weighted by Gasteiger charge is 1.85. The molecule has 0 unspecified atom stereocenters. The predicted molar refractivity (Wildman–Crippen MR) is 62.7 cm³/mol. The van der Waals surface area contributed by atoms with Crippen molar-refractivity contribution in [3.63, 3.8) is 0 Å². The maximum atomic E-state index is 10.1. The number of nitrogens with zero attached hydrogens (tertiary/aromatic N) is 1. The minimum absolute atomic E-state index is 0.898. The number of aliphatic carboxylic acids is 1. The van der Waals surface area contributed by atoms with Crippen LogP contribution in [0.15, 0.2) is 36.4 Å². The lowest BCUT2D eigenvalue weighted by Crippen LogP contribution is -1.99. The number of benzene rings is 1. The minimum Gasteiger partial charge on any atom is -0.478 e. The third-order valence-corrected chi connectivity index (χ3v) is 1.22.